The monoisotopic (exact) mass is 559 g/mol. The van der Waals surface area contributed by atoms with Crippen molar-refractivity contribution in [1.29, 1.82) is 0 Å². The van der Waals surface area contributed by atoms with E-state index < -0.39 is 29.9 Å². The number of rotatable bonds is 11. The zero-order valence-electron chi connectivity index (χ0n) is 20.2. The smallest absolute Gasteiger partial charge is 0.407 e. The van der Waals surface area contributed by atoms with Gasteiger partial charge in [0.1, 0.15) is 6.04 Å². The molecule has 1 aliphatic heterocycles. The van der Waals surface area contributed by atoms with E-state index in [0.29, 0.717) is 48.0 Å². The lowest BCUT2D eigenvalue weighted by atomic mass is 9.95. The Morgan fingerprint density at radius 3 is 2.53 bits per heavy atom. The Hall–Kier alpha value is -2.43. The summed E-state index contributed by atoms with van der Waals surface area (Å²) in [5.41, 5.74) is 0.629. The minimum Gasteiger partial charge on any atom is -0.480 e. The molecule has 1 atom stereocenters. The van der Waals surface area contributed by atoms with Crippen LogP contribution in [0.2, 0.25) is 10.0 Å². The normalized spacial score (nSPS) is 14.9. The predicted molar refractivity (Wildman–Crippen MR) is 140 cm³/mol. The number of benzene rings is 1. The molecule has 198 valence electrons. The van der Waals surface area contributed by atoms with Gasteiger partial charge in [0.05, 0.1) is 23.2 Å². The van der Waals surface area contributed by atoms with Gasteiger partial charge in [0, 0.05) is 30.0 Å². The second-order valence-corrected chi connectivity index (χ2v) is 9.79. The molecule has 1 aliphatic rings. The number of aliphatic carboxylic acids is 1. The maximum absolute atomic E-state index is 12.6. The first kappa shape index (κ1) is 29.8. The van der Waals surface area contributed by atoms with Crippen molar-refractivity contribution in [2.75, 3.05) is 32.5 Å². The molecule has 1 saturated heterocycles. The summed E-state index contributed by atoms with van der Waals surface area (Å²) in [6.07, 6.45) is 6.53. The van der Waals surface area contributed by atoms with Crippen molar-refractivity contribution in [3.8, 4) is 0 Å². The highest BCUT2D eigenvalue weighted by Crippen LogP contribution is 2.35. The van der Waals surface area contributed by atoms with Crippen LogP contribution >= 0.6 is 35.0 Å². The fourth-order valence-electron chi connectivity index (χ4n) is 3.50. The van der Waals surface area contributed by atoms with E-state index in [1.807, 2.05) is 19.2 Å². The first-order valence-electron chi connectivity index (χ1n) is 11.6. The van der Waals surface area contributed by atoms with Gasteiger partial charge < -0.3 is 25.4 Å². The van der Waals surface area contributed by atoms with Crippen LogP contribution in [0, 0.1) is 5.92 Å². The summed E-state index contributed by atoms with van der Waals surface area (Å²) in [5, 5.41) is 15.0. The van der Waals surface area contributed by atoms with Crippen LogP contribution in [0.5, 0.6) is 0 Å². The highest BCUT2D eigenvalue weighted by atomic mass is 35.5. The minimum absolute atomic E-state index is 0.218. The summed E-state index contributed by atoms with van der Waals surface area (Å²) in [6.45, 7) is 2.59. The number of halogens is 2. The van der Waals surface area contributed by atoms with Crippen LogP contribution in [0.3, 0.4) is 0 Å². The van der Waals surface area contributed by atoms with Gasteiger partial charge in [-0.3, -0.25) is 9.59 Å². The Morgan fingerprint density at radius 2 is 1.92 bits per heavy atom. The summed E-state index contributed by atoms with van der Waals surface area (Å²) in [6, 6.07) is 2.34. The molecule has 0 saturated carbocycles. The molecule has 9 nitrogen and oxygen atoms in total. The summed E-state index contributed by atoms with van der Waals surface area (Å²) in [7, 11) is 0. The third kappa shape index (κ3) is 8.90. The Labute approximate surface area is 224 Å². The lowest BCUT2D eigenvalue weighted by Gasteiger charge is -2.31. The number of carbonyl (C=O) groups excluding carboxylic acids is 3. The summed E-state index contributed by atoms with van der Waals surface area (Å²) in [5.74, 6) is -2.35. The number of nitrogens with one attached hydrogen (secondary N) is 2. The number of carboxylic acid groups (broad SMARTS) is 1. The number of amides is 3. The average molecular weight is 561 g/mol. The average Bonchev–Trinajstić information content (AvgIpc) is 2.87. The third-order valence-corrected chi connectivity index (χ3v) is 7.46. The molecule has 1 fully saturated rings. The quantitative estimate of drug-likeness (QED) is 0.212. The predicted octanol–water partition coefficient (Wildman–Crippen LogP) is 4.06. The first-order chi connectivity index (χ1) is 17.2. The number of ether oxygens (including phenoxy) is 1. The van der Waals surface area contributed by atoms with Crippen molar-refractivity contribution in [3.63, 3.8) is 0 Å². The number of carbonyl (C=O) groups is 4. The molecule has 0 aliphatic carbocycles. The number of likely N-dealkylation sites (tertiary alicyclic amines) is 1. The number of hydrogen-bond donors (Lipinski definition) is 3. The molecular weight excluding hydrogens is 529 g/mol. The molecule has 1 aromatic carbocycles. The van der Waals surface area contributed by atoms with E-state index >= 15 is 0 Å². The van der Waals surface area contributed by atoms with E-state index in [0.717, 1.165) is 11.3 Å². The SMILES string of the molecule is CCCCOC(=O)NC[C@H](NC(=O)C1CCN(C(=O)C=Cc2ccc(SC)c(Cl)c2Cl)CC1)C(=O)O. The maximum atomic E-state index is 12.6. The Morgan fingerprint density at radius 1 is 1.22 bits per heavy atom. The van der Waals surface area contributed by atoms with Crippen LogP contribution < -0.4 is 10.6 Å². The van der Waals surface area contributed by atoms with Gasteiger partial charge in [0.25, 0.3) is 0 Å². The van der Waals surface area contributed by atoms with E-state index in [4.69, 9.17) is 27.9 Å². The highest BCUT2D eigenvalue weighted by molar-refractivity contribution is 7.98. The van der Waals surface area contributed by atoms with Crippen molar-refractivity contribution in [2.45, 2.75) is 43.5 Å². The van der Waals surface area contributed by atoms with Crippen LogP contribution in [-0.2, 0) is 19.1 Å². The fourth-order valence-corrected chi connectivity index (χ4v) is 4.67. The van der Waals surface area contributed by atoms with Crippen molar-refractivity contribution in [2.24, 2.45) is 5.92 Å². The van der Waals surface area contributed by atoms with Gasteiger partial charge in [-0.2, -0.15) is 0 Å². The topological polar surface area (TPSA) is 125 Å². The second kappa shape index (κ2) is 15.0. The highest BCUT2D eigenvalue weighted by Gasteiger charge is 2.30. The van der Waals surface area contributed by atoms with Gasteiger partial charge in [-0.15, -0.1) is 11.8 Å². The van der Waals surface area contributed by atoms with Gasteiger partial charge in [-0.1, -0.05) is 42.6 Å². The maximum Gasteiger partial charge on any atom is 0.407 e. The molecular formula is C24H31Cl2N3O6S. The Kier molecular flexibility index (Phi) is 12.4. The second-order valence-electron chi connectivity index (χ2n) is 8.19. The summed E-state index contributed by atoms with van der Waals surface area (Å²) in [4.78, 5) is 50.8. The summed E-state index contributed by atoms with van der Waals surface area (Å²) >= 11 is 14.0. The largest absolute Gasteiger partial charge is 0.480 e. The molecule has 0 bridgehead atoms. The molecule has 3 N–H and O–H groups in total. The number of hydrogen-bond acceptors (Lipinski definition) is 6. The molecule has 0 spiro atoms. The van der Waals surface area contributed by atoms with E-state index in [2.05, 4.69) is 10.6 Å². The van der Waals surface area contributed by atoms with Crippen molar-refractivity contribution in [1.82, 2.24) is 15.5 Å². The van der Waals surface area contributed by atoms with Crippen LogP contribution in [0.4, 0.5) is 4.79 Å². The lowest BCUT2D eigenvalue weighted by Crippen LogP contribution is -2.51. The van der Waals surface area contributed by atoms with Crippen molar-refractivity contribution >= 4 is 64.9 Å². The van der Waals surface area contributed by atoms with E-state index in [9.17, 15) is 24.3 Å². The van der Waals surface area contributed by atoms with Crippen LogP contribution in [0.15, 0.2) is 23.1 Å². The van der Waals surface area contributed by atoms with Gasteiger partial charge in [0.2, 0.25) is 11.8 Å². The standard InChI is InChI=1S/C24H31Cl2N3O6S/c1-3-4-13-35-24(34)27-14-17(23(32)33)28-22(31)16-9-11-29(12-10-16)19(30)8-6-15-5-7-18(36-2)21(26)20(15)25/h5-8,16-17H,3-4,9-14H2,1-2H3,(H,27,34)(H,28,31)(H,32,33)/t17-/m0/s1. The molecule has 0 aromatic heterocycles. The molecule has 1 heterocycles. The lowest BCUT2D eigenvalue weighted by molar-refractivity contribution is -0.142. The van der Waals surface area contributed by atoms with E-state index in [-0.39, 0.29) is 19.1 Å². The molecule has 0 unspecified atom stereocenters. The van der Waals surface area contributed by atoms with Crippen LogP contribution in [0.1, 0.15) is 38.2 Å². The van der Waals surface area contributed by atoms with E-state index in [1.165, 1.54) is 17.8 Å². The first-order valence-corrected chi connectivity index (χ1v) is 13.6. The Bertz CT molecular complexity index is 983. The molecule has 1 aromatic rings. The van der Waals surface area contributed by atoms with Gasteiger partial charge >= 0.3 is 12.1 Å². The molecule has 12 heteroatoms. The van der Waals surface area contributed by atoms with Crippen molar-refractivity contribution in [3.05, 3.63) is 33.8 Å². The third-order valence-electron chi connectivity index (χ3n) is 5.68. The number of alkyl carbamates (subject to hydrolysis) is 1. The van der Waals surface area contributed by atoms with Gasteiger partial charge in [0.15, 0.2) is 0 Å². The minimum atomic E-state index is -1.28. The zero-order valence-corrected chi connectivity index (χ0v) is 22.5. The number of piperidine rings is 1. The molecule has 36 heavy (non-hydrogen) atoms. The van der Waals surface area contributed by atoms with Crippen LogP contribution in [-0.4, -0.2) is 72.4 Å². The van der Waals surface area contributed by atoms with E-state index in [1.54, 1.807) is 17.0 Å². The number of thioether (sulfide) groups is 1. The zero-order chi connectivity index (χ0) is 26.7. The molecule has 2 rings (SSSR count). The van der Waals surface area contributed by atoms with Crippen LogP contribution in [0.25, 0.3) is 6.08 Å². The fraction of sp³-hybridized carbons (Fsp3) is 0.500. The number of nitrogens with zero attached hydrogens (tertiary/aromatic N) is 1. The summed E-state index contributed by atoms with van der Waals surface area (Å²) < 4.78 is 4.93. The van der Waals surface area contributed by atoms with Gasteiger partial charge in [-0.25, -0.2) is 9.59 Å². The number of unbranched alkanes of at least 4 members (excludes halogenated alkanes) is 1. The Balaban J connectivity index is 1.84. The molecule has 0 radical (unpaired) electrons. The van der Waals surface area contributed by atoms with Gasteiger partial charge in [-0.05, 0) is 43.2 Å². The van der Waals surface area contributed by atoms with Crippen molar-refractivity contribution < 1.29 is 29.0 Å². The molecule has 3 amide bonds. The number of carboxylic acids is 1.